The Bertz CT molecular complexity index is 916. The van der Waals surface area contributed by atoms with E-state index in [1.54, 1.807) is 33.0 Å². The number of rotatable bonds is 5. The minimum atomic E-state index is -2.83. The quantitative estimate of drug-likeness (QED) is 0.590. The first-order valence-corrected chi connectivity index (χ1v) is 10.8. The van der Waals surface area contributed by atoms with Gasteiger partial charge >= 0.3 is 0 Å². The Morgan fingerprint density at radius 1 is 1.36 bits per heavy atom. The second-order valence-corrected chi connectivity index (χ2v) is 10.9. The lowest BCUT2D eigenvalue weighted by atomic mass is 9.81. The molecule has 0 spiro atoms. The monoisotopic (exact) mass is 475 g/mol. The summed E-state index contributed by atoms with van der Waals surface area (Å²) in [4.78, 5) is 0. The summed E-state index contributed by atoms with van der Waals surface area (Å²) in [6.07, 6.45) is -0.00569. The SMILES string of the molecule is CC(C)(C)[S+]([O-])NC(c1cn(C2CC(C#N)C2)c2cc(Br)c(F)cc12)C(F)F. The summed E-state index contributed by atoms with van der Waals surface area (Å²) in [6, 6.07) is 3.48. The van der Waals surface area contributed by atoms with Crippen LogP contribution in [0, 0.1) is 23.1 Å². The maximum absolute atomic E-state index is 14.2. The Morgan fingerprint density at radius 2 is 2.00 bits per heavy atom. The van der Waals surface area contributed by atoms with E-state index < -0.39 is 34.4 Å². The van der Waals surface area contributed by atoms with Crippen molar-refractivity contribution < 1.29 is 17.7 Å². The lowest BCUT2D eigenvalue weighted by Gasteiger charge is -2.32. The molecule has 2 aromatic rings. The molecule has 1 N–H and O–H groups in total. The van der Waals surface area contributed by atoms with Gasteiger partial charge in [0.25, 0.3) is 6.43 Å². The number of nitriles is 1. The van der Waals surface area contributed by atoms with E-state index in [9.17, 15) is 17.7 Å². The van der Waals surface area contributed by atoms with Crippen LogP contribution in [0.1, 0.15) is 51.3 Å². The lowest BCUT2D eigenvalue weighted by Crippen LogP contribution is -2.43. The summed E-state index contributed by atoms with van der Waals surface area (Å²) in [5.74, 6) is -0.618. The molecule has 1 heterocycles. The van der Waals surface area contributed by atoms with Crippen molar-refractivity contribution in [2.45, 2.75) is 56.9 Å². The van der Waals surface area contributed by atoms with Crippen molar-refractivity contribution in [2.24, 2.45) is 5.92 Å². The standard InChI is InChI=1S/C19H21BrF3N3OS/c1-19(2,3)28(27)25-17(18(22)23)13-9-26(11-4-10(5-11)8-24)16-7-14(20)15(21)6-12(13)16/h6-7,9-11,17-18,25H,4-5H2,1-3H3. The fourth-order valence-electron chi connectivity index (χ4n) is 3.28. The van der Waals surface area contributed by atoms with Crippen LogP contribution in [0.4, 0.5) is 13.2 Å². The van der Waals surface area contributed by atoms with Crippen LogP contribution >= 0.6 is 15.9 Å². The van der Waals surface area contributed by atoms with Crippen LogP contribution in [-0.2, 0) is 11.4 Å². The fourth-order valence-corrected chi connectivity index (χ4v) is 4.43. The summed E-state index contributed by atoms with van der Waals surface area (Å²) in [6.45, 7) is 5.07. The molecule has 28 heavy (non-hydrogen) atoms. The first-order valence-electron chi connectivity index (χ1n) is 8.88. The third-order valence-electron chi connectivity index (χ3n) is 4.97. The zero-order valence-electron chi connectivity index (χ0n) is 15.7. The van der Waals surface area contributed by atoms with Crippen LogP contribution in [0.15, 0.2) is 22.8 Å². The van der Waals surface area contributed by atoms with Crippen molar-refractivity contribution in [1.82, 2.24) is 9.29 Å². The van der Waals surface area contributed by atoms with Crippen LogP contribution in [0.25, 0.3) is 10.9 Å². The zero-order chi connectivity index (χ0) is 20.8. The van der Waals surface area contributed by atoms with Gasteiger partial charge in [0.1, 0.15) is 16.6 Å². The third kappa shape index (κ3) is 4.06. The normalized spacial score (nSPS) is 22.1. The topological polar surface area (TPSA) is 63.8 Å². The molecule has 1 saturated carbocycles. The Morgan fingerprint density at radius 3 is 2.54 bits per heavy atom. The Kier molecular flexibility index (Phi) is 6.07. The number of hydrogen-bond donors (Lipinski definition) is 1. The molecule has 1 aromatic heterocycles. The van der Waals surface area contributed by atoms with Crippen molar-refractivity contribution in [3.05, 3.63) is 34.2 Å². The van der Waals surface area contributed by atoms with Crippen molar-refractivity contribution >= 4 is 38.2 Å². The van der Waals surface area contributed by atoms with Crippen LogP contribution < -0.4 is 4.72 Å². The number of alkyl halides is 2. The van der Waals surface area contributed by atoms with Gasteiger partial charge in [0.2, 0.25) is 0 Å². The molecule has 9 heteroatoms. The van der Waals surface area contributed by atoms with E-state index in [4.69, 9.17) is 5.26 Å². The van der Waals surface area contributed by atoms with Crippen molar-refractivity contribution in [3.63, 3.8) is 0 Å². The molecule has 0 aliphatic heterocycles. The number of fused-ring (bicyclic) bond motifs is 1. The van der Waals surface area contributed by atoms with Gasteiger partial charge in [0.15, 0.2) is 0 Å². The first-order chi connectivity index (χ1) is 13.0. The van der Waals surface area contributed by atoms with Gasteiger partial charge < -0.3 is 9.12 Å². The van der Waals surface area contributed by atoms with Gasteiger partial charge in [0.05, 0.1) is 16.5 Å². The highest BCUT2D eigenvalue weighted by Crippen LogP contribution is 2.42. The third-order valence-corrected chi connectivity index (χ3v) is 7.16. The zero-order valence-corrected chi connectivity index (χ0v) is 18.1. The molecule has 2 atom stereocenters. The molecule has 0 bridgehead atoms. The van der Waals surface area contributed by atoms with E-state index in [0.717, 1.165) is 0 Å². The molecular weight excluding hydrogens is 455 g/mol. The lowest BCUT2D eigenvalue weighted by molar-refractivity contribution is 0.109. The summed E-state index contributed by atoms with van der Waals surface area (Å²) in [7, 11) is 0. The van der Waals surface area contributed by atoms with Gasteiger partial charge in [0, 0.05) is 40.1 Å². The number of nitrogens with zero attached hydrogens (tertiary/aromatic N) is 2. The largest absolute Gasteiger partial charge is 0.598 e. The van der Waals surface area contributed by atoms with Gasteiger partial charge in [-0.2, -0.15) is 5.26 Å². The molecule has 1 aliphatic carbocycles. The highest BCUT2D eigenvalue weighted by Gasteiger charge is 2.37. The van der Waals surface area contributed by atoms with Crippen LogP contribution in [0.3, 0.4) is 0 Å². The molecule has 152 valence electrons. The maximum atomic E-state index is 14.2. The minimum Gasteiger partial charge on any atom is -0.598 e. The minimum absolute atomic E-state index is 0.00954. The second kappa shape index (κ2) is 7.90. The van der Waals surface area contributed by atoms with Gasteiger partial charge in [-0.05, 0) is 61.7 Å². The van der Waals surface area contributed by atoms with Gasteiger partial charge in [-0.25, -0.2) is 13.2 Å². The van der Waals surface area contributed by atoms with Crippen molar-refractivity contribution in [2.75, 3.05) is 0 Å². The molecule has 3 rings (SSSR count). The van der Waals surface area contributed by atoms with E-state index in [2.05, 4.69) is 26.7 Å². The summed E-state index contributed by atoms with van der Waals surface area (Å²) in [5.41, 5.74) is 0.813. The molecule has 1 fully saturated rings. The Hall–Kier alpha value is -1.21. The molecule has 0 radical (unpaired) electrons. The van der Waals surface area contributed by atoms with E-state index in [1.807, 2.05) is 4.57 Å². The second-order valence-electron chi connectivity index (χ2n) is 8.04. The Labute approximate surface area is 173 Å². The molecule has 4 nitrogen and oxygen atoms in total. The average molecular weight is 476 g/mol. The van der Waals surface area contributed by atoms with Gasteiger partial charge in [-0.1, -0.05) is 0 Å². The number of nitrogens with one attached hydrogen (secondary N) is 1. The molecule has 2 unspecified atom stereocenters. The Balaban J connectivity index is 2.08. The summed E-state index contributed by atoms with van der Waals surface area (Å²) < 4.78 is 58.3. The van der Waals surface area contributed by atoms with Crippen molar-refractivity contribution in [1.29, 1.82) is 5.26 Å². The average Bonchev–Trinajstić information content (AvgIpc) is 2.89. The molecule has 1 aliphatic rings. The summed E-state index contributed by atoms with van der Waals surface area (Å²) in [5, 5.41) is 9.38. The van der Waals surface area contributed by atoms with E-state index in [1.165, 1.54) is 6.07 Å². The fraction of sp³-hybridized carbons (Fsp3) is 0.526. The smallest absolute Gasteiger partial charge is 0.262 e. The molecular formula is C19H21BrF3N3OS. The van der Waals surface area contributed by atoms with Crippen molar-refractivity contribution in [3.8, 4) is 6.07 Å². The number of hydrogen-bond acceptors (Lipinski definition) is 3. The first kappa shape index (κ1) is 21.5. The van der Waals surface area contributed by atoms with Crippen LogP contribution in [0.2, 0.25) is 0 Å². The van der Waals surface area contributed by atoms with Gasteiger partial charge in [-0.3, -0.25) is 0 Å². The molecule has 1 aromatic carbocycles. The van der Waals surface area contributed by atoms with E-state index in [0.29, 0.717) is 23.7 Å². The van der Waals surface area contributed by atoms with Gasteiger partial charge in [-0.15, -0.1) is 4.72 Å². The maximum Gasteiger partial charge on any atom is 0.262 e. The van der Waals surface area contributed by atoms with E-state index >= 15 is 0 Å². The number of aromatic nitrogens is 1. The van der Waals surface area contributed by atoms with E-state index in [-0.39, 0.29) is 22.0 Å². The predicted octanol–water partition coefficient (Wildman–Crippen LogP) is 5.38. The number of halogens is 4. The van der Waals surface area contributed by atoms with Crippen LogP contribution in [-0.4, -0.2) is 20.3 Å². The predicted molar refractivity (Wildman–Crippen MR) is 107 cm³/mol. The molecule has 0 amide bonds. The summed E-state index contributed by atoms with van der Waals surface area (Å²) >= 11 is 1.43. The highest BCUT2D eigenvalue weighted by molar-refractivity contribution is 9.10. The highest BCUT2D eigenvalue weighted by atomic mass is 79.9. The molecule has 0 saturated heterocycles. The number of benzene rings is 1. The van der Waals surface area contributed by atoms with Crippen LogP contribution in [0.5, 0.6) is 0 Å².